The van der Waals surface area contributed by atoms with Crippen LogP contribution in [0.3, 0.4) is 0 Å². The number of phenolic OH excluding ortho intramolecular Hbond substituents is 1. The summed E-state index contributed by atoms with van der Waals surface area (Å²) in [4.78, 5) is 25.3. The van der Waals surface area contributed by atoms with Crippen LogP contribution in [0.2, 0.25) is 0 Å². The molecule has 160 valence electrons. The molecule has 0 radical (unpaired) electrons. The standard InChI is InChI=1S/C20H23N3O6S/c1-29-18-6-3-2-5-15(18)22-30(27,28)14-8-9-17(24)16(13-14)21-19(25)10-12-23-11-4-7-20(23)26/h2-3,5-6,8-9,13,22,24H,4,7,10-12H2,1H3,(H,21,25). The number of carbonyl (C=O) groups excluding carboxylic acids is 2. The topological polar surface area (TPSA) is 125 Å². The Morgan fingerprint density at radius 2 is 1.97 bits per heavy atom. The van der Waals surface area contributed by atoms with Gasteiger partial charge in [-0.1, -0.05) is 12.1 Å². The number of carbonyl (C=O) groups is 2. The lowest BCUT2D eigenvalue weighted by atomic mass is 10.2. The summed E-state index contributed by atoms with van der Waals surface area (Å²) < 4.78 is 33.1. The molecule has 1 heterocycles. The van der Waals surface area contributed by atoms with E-state index in [1.54, 1.807) is 29.2 Å². The van der Waals surface area contributed by atoms with Gasteiger partial charge in [0.25, 0.3) is 10.0 Å². The molecule has 0 spiro atoms. The Balaban J connectivity index is 1.72. The molecule has 0 aliphatic carbocycles. The third kappa shape index (κ3) is 5.01. The average Bonchev–Trinajstić information content (AvgIpc) is 3.13. The molecule has 0 saturated carbocycles. The summed E-state index contributed by atoms with van der Waals surface area (Å²) in [5.41, 5.74) is 0.226. The van der Waals surface area contributed by atoms with Crippen molar-refractivity contribution in [3.05, 3.63) is 42.5 Å². The lowest BCUT2D eigenvalue weighted by Crippen LogP contribution is -2.28. The Morgan fingerprint density at radius 1 is 1.20 bits per heavy atom. The van der Waals surface area contributed by atoms with Crippen LogP contribution in [0.5, 0.6) is 11.5 Å². The summed E-state index contributed by atoms with van der Waals surface area (Å²) in [5, 5.41) is 12.5. The van der Waals surface area contributed by atoms with E-state index in [-0.39, 0.29) is 40.9 Å². The van der Waals surface area contributed by atoms with Gasteiger partial charge in [-0.2, -0.15) is 0 Å². The maximum Gasteiger partial charge on any atom is 0.262 e. The largest absolute Gasteiger partial charge is 0.506 e. The first-order valence-electron chi connectivity index (χ1n) is 9.36. The SMILES string of the molecule is COc1ccccc1NS(=O)(=O)c1ccc(O)c(NC(=O)CCN2CCCC2=O)c1. The van der Waals surface area contributed by atoms with Crippen LogP contribution in [0.15, 0.2) is 47.4 Å². The van der Waals surface area contributed by atoms with Crippen molar-refractivity contribution < 1.29 is 27.9 Å². The molecule has 1 saturated heterocycles. The molecule has 1 aliphatic rings. The van der Waals surface area contributed by atoms with E-state index >= 15 is 0 Å². The number of likely N-dealkylation sites (tertiary alicyclic amines) is 1. The van der Waals surface area contributed by atoms with Crippen LogP contribution >= 0.6 is 0 Å². The quantitative estimate of drug-likeness (QED) is 0.548. The van der Waals surface area contributed by atoms with E-state index in [0.29, 0.717) is 18.7 Å². The van der Waals surface area contributed by atoms with E-state index in [1.807, 2.05) is 0 Å². The zero-order valence-corrected chi connectivity index (χ0v) is 17.2. The normalized spacial score (nSPS) is 13.9. The van der Waals surface area contributed by atoms with E-state index in [0.717, 1.165) is 6.42 Å². The van der Waals surface area contributed by atoms with E-state index in [1.165, 1.54) is 25.3 Å². The minimum absolute atomic E-state index is 0.0150. The van der Waals surface area contributed by atoms with Gasteiger partial charge in [0.05, 0.1) is 23.4 Å². The summed E-state index contributed by atoms with van der Waals surface area (Å²) in [6.45, 7) is 0.901. The number of hydrogen-bond donors (Lipinski definition) is 3. The van der Waals surface area contributed by atoms with Crippen molar-refractivity contribution in [3.63, 3.8) is 0 Å². The second-order valence-electron chi connectivity index (χ2n) is 6.77. The van der Waals surface area contributed by atoms with Crippen molar-refractivity contribution >= 4 is 33.2 Å². The van der Waals surface area contributed by atoms with Crippen molar-refractivity contribution in [1.82, 2.24) is 4.90 Å². The minimum atomic E-state index is -4.00. The number of hydrogen-bond acceptors (Lipinski definition) is 6. The second kappa shape index (κ2) is 9.04. The van der Waals surface area contributed by atoms with Gasteiger partial charge >= 0.3 is 0 Å². The molecule has 2 aromatic rings. The van der Waals surface area contributed by atoms with E-state index in [9.17, 15) is 23.1 Å². The van der Waals surface area contributed by atoms with Gasteiger partial charge in [0, 0.05) is 25.9 Å². The fourth-order valence-corrected chi connectivity index (χ4v) is 4.20. The summed E-state index contributed by atoms with van der Waals surface area (Å²) in [6, 6.07) is 10.1. The van der Waals surface area contributed by atoms with Crippen molar-refractivity contribution in [1.29, 1.82) is 0 Å². The van der Waals surface area contributed by atoms with Crippen LogP contribution < -0.4 is 14.8 Å². The maximum atomic E-state index is 12.7. The van der Waals surface area contributed by atoms with Gasteiger partial charge in [-0.25, -0.2) is 8.42 Å². The molecule has 0 aromatic heterocycles. The summed E-state index contributed by atoms with van der Waals surface area (Å²) in [7, 11) is -2.57. The molecule has 0 unspecified atom stereocenters. The molecule has 2 aromatic carbocycles. The Hall–Kier alpha value is -3.27. The van der Waals surface area contributed by atoms with Crippen molar-refractivity contribution in [2.45, 2.75) is 24.2 Å². The highest BCUT2D eigenvalue weighted by Crippen LogP contribution is 2.30. The van der Waals surface area contributed by atoms with E-state index in [2.05, 4.69) is 10.0 Å². The average molecular weight is 433 g/mol. The van der Waals surface area contributed by atoms with Crippen LogP contribution in [-0.4, -0.2) is 50.4 Å². The molecule has 9 nitrogen and oxygen atoms in total. The van der Waals surface area contributed by atoms with Gasteiger partial charge in [-0.15, -0.1) is 0 Å². The van der Waals surface area contributed by atoms with Gasteiger partial charge in [-0.3, -0.25) is 14.3 Å². The Morgan fingerprint density at radius 3 is 2.67 bits per heavy atom. The molecule has 30 heavy (non-hydrogen) atoms. The molecule has 1 aliphatic heterocycles. The van der Waals surface area contributed by atoms with Gasteiger partial charge in [0.1, 0.15) is 11.5 Å². The first kappa shape index (κ1) is 21.4. The predicted molar refractivity (Wildman–Crippen MR) is 111 cm³/mol. The van der Waals surface area contributed by atoms with Crippen molar-refractivity contribution in [2.24, 2.45) is 0 Å². The second-order valence-corrected chi connectivity index (χ2v) is 8.45. The number of methoxy groups -OCH3 is 1. The highest BCUT2D eigenvalue weighted by atomic mass is 32.2. The smallest absolute Gasteiger partial charge is 0.262 e. The Labute approximate surface area is 174 Å². The Kier molecular flexibility index (Phi) is 6.46. The third-order valence-electron chi connectivity index (χ3n) is 4.68. The first-order chi connectivity index (χ1) is 14.3. The number of nitrogens with one attached hydrogen (secondary N) is 2. The van der Waals surface area contributed by atoms with Gasteiger partial charge < -0.3 is 20.1 Å². The number of para-hydroxylation sites is 2. The monoisotopic (exact) mass is 433 g/mol. The summed E-state index contributed by atoms with van der Waals surface area (Å²) in [5.74, 6) is -0.333. The predicted octanol–water partition coefficient (Wildman–Crippen LogP) is 2.15. The number of aromatic hydroxyl groups is 1. The highest BCUT2D eigenvalue weighted by molar-refractivity contribution is 7.92. The van der Waals surface area contributed by atoms with E-state index in [4.69, 9.17) is 4.74 Å². The van der Waals surface area contributed by atoms with Gasteiger partial charge in [0.15, 0.2) is 0 Å². The number of sulfonamides is 1. The van der Waals surface area contributed by atoms with Crippen molar-refractivity contribution in [3.8, 4) is 11.5 Å². The number of benzene rings is 2. The number of ether oxygens (including phenoxy) is 1. The van der Waals surface area contributed by atoms with Gasteiger partial charge in [-0.05, 0) is 36.8 Å². The lowest BCUT2D eigenvalue weighted by molar-refractivity contribution is -0.128. The molecule has 3 rings (SSSR count). The molecule has 0 atom stereocenters. The molecular weight excluding hydrogens is 410 g/mol. The van der Waals surface area contributed by atoms with Crippen LogP contribution in [-0.2, 0) is 19.6 Å². The van der Waals surface area contributed by atoms with E-state index < -0.39 is 15.9 Å². The summed E-state index contributed by atoms with van der Waals surface area (Å²) in [6.07, 6.45) is 1.31. The maximum absolute atomic E-state index is 12.7. The third-order valence-corrected chi connectivity index (χ3v) is 6.05. The zero-order chi connectivity index (χ0) is 21.7. The minimum Gasteiger partial charge on any atom is -0.506 e. The fraction of sp³-hybridized carbons (Fsp3) is 0.300. The van der Waals surface area contributed by atoms with Crippen molar-refractivity contribution in [2.75, 3.05) is 30.2 Å². The number of rotatable bonds is 8. The molecule has 1 fully saturated rings. The van der Waals surface area contributed by atoms with Crippen LogP contribution in [0.1, 0.15) is 19.3 Å². The first-order valence-corrected chi connectivity index (χ1v) is 10.8. The summed E-state index contributed by atoms with van der Waals surface area (Å²) >= 11 is 0. The number of nitrogens with zero attached hydrogens (tertiary/aromatic N) is 1. The lowest BCUT2D eigenvalue weighted by Gasteiger charge is -2.16. The molecular formula is C20H23N3O6S. The van der Waals surface area contributed by atoms with Crippen LogP contribution in [0.25, 0.3) is 0 Å². The van der Waals surface area contributed by atoms with Crippen LogP contribution in [0, 0.1) is 0 Å². The number of anilines is 2. The number of amides is 2. The van der Waals surface area contributed by atoms with Gasteiger partial charge in [0.2, 0.25) is 11.8 Å². The number of phenols is 1. The fourth-order valence-electron chi connectivity index (χ4n) is 3.10. The molecule has 10 heteroatoms. The highest BCUT2D eigenvalue weighted by Gasteiger charge is 2.22. The molecule has 0 bridgehead atoms. The van der Waals surface area contributed by atoms with Crippen LogP contribution in [0.4, 0.5) is 11.4 Å². The molecule has 2 amide bonds. The molecule has 3 N–H and O–H groups in total. The Bertz CT molecular complexity index is 1050. The zero-order valence-electron chi connectivity index (χ0n) is 16.4.